The Balaban J connectivity index is 1.97. The van der Waals surface area contributed by atoms with Crippen LogP contribution in [0.2, 0.25) is 0 Å². The van der Waals surface area contributed by atoms with Gasteiger partial charge in [0.1, 0.15) is 30.8 Å². The van der Waals surface area contributed by atoms with E-state index in [1.54, 1.807) is 44.4 Å². The van der Waals surface area contributed by atoms with Crippen LogP contribution in [0.1, 0.15) is 11.1 Å². The SMILES string of the molecule is C[N+](C)(CC(O)(Cn1cncn1)c1ccc(F)cc1F)/N=C(\[O-])c1ccccc1. The van der Waals surface area contributed by atoms with E-state index in [9.17, 15) is 19.0 Å². The van der Waals surface area contributed by atoms with Gasteiger partial charge in [0.15, 0.2) is 5.60 Å². The van der Waals surface area contributed by atoms with Crippen molar-refractivity contribution in [2.45, 2.75) is 12.1 Å². The molecule has 0 spiro atoms. The average Bonchev–Trinajstić information content (AvgIpc) is 3.13. The van der Waals surface area contributed by atoms with Crippen LogP contribution >= 0.6 is 0 Å². The first-order valence-corrected chi connectivity index (χ1v) is 8.84. The van der Waals surface area contributed by atoms with E-state index in [0.717, 1.165) is 6.07 Å². The Kier molecular flexibility index (Phi) is 5.71. The van der Waals surface area contributed by atoms with E-state index in [0.29, 0.717) is 11.6 Å². The molecule has 3 rings (SSSR count). The van der Waals surface area contributed by atoms with Crippen molar-refractivity contribution >= 4 is 5.90 Å². The third kappa shape index (κ3) is 5.01. The average molecular weight is 401 g/mol. The first kappa shape index (κ1) is 20.6. The van der Waals surface area contributed by atoms with E-state index in [1.165, 1.54) is 23.4 Å². The molecular formula is C20H21F2N5O2. The highest BCUT2D eigenvalue weighted by Crippen LogP contribution is 2.29. The Morgan fingerprint density at radius 1 is 1.21 bits per heavy atom. The molecule has 1 heterocycles. The number of quaternary nitrogens is 1. The van der Waals surface area contributed by atoms with Crippen LogP contribution in [0.15, 0.2) is 66.3 Å². The van der Waals surface area contributed by atoms with Crippen molar-refractivity contribution in [1.82, 2.24) is 14.8 Å². The van der Waals surface area contributed by atoms with Gasteiger partial charge in [-0.2, -0.15) is 5.10 Å². The topological polar surface area (TPSA) is 86.4 Å². The van der Waals surface area contributed by atoms with Crippen LogP contribution < -0.4 is 5.11 Å². The minimum atomic E-state index is -1.84. The number of hydrogen-bond donors (Lipinski definition) is 1. The highest BCUT2D eigenvalue weighted by atomic mass is 19.1. The largest absolute Gasteiger partial charge is 0.855 e. The maximum atomic E-state index is 14.5. The van der Waals surface area contributed by atoms with Crippen molar-refractivity contribution in [2.75, 3.05) is 20.6 Å². The van der Waals surface area contributed by atoms with Crippen LogP contribution in [0.3, 0.4) is 0 Å². The third-order valence-electron chi connectivity index (χ3n) is 4.35. The monoisotopic (exact) mass is 401 g/mol. The summed E-state index contributed by atoms with van der Waals surface area (Å²) in [5.74, 6) is -2.13. The molecule has 0 amide bonds. The van der Waals surface area contributed by atoms with Gasteiger partial charge >= 0.3 is 0 Å². The number of hydrogen-bond acceptors (Lipinski definition) is 5. The fraction of sp³-hybridized carbons (Fsp3) is 0.250. The molecule has 1 unspecified atom stereocenters. The van der Waals surface area contributed by atoms with Gasteiger partial charge in [-0.05, 0) is 17.7 Å². The summed E-state index contributed by atoms with van der Waals surface area (Å²) in [6.07, 6.45) is 2.66. The minimum Gasteiger partial charge on any atom is -0.855 e. The quantitative estimate of drug-likeness (QED) is 0.279. The van der Waals surface area contributed by atoms with Gasteiger partial charge in [-0.3, -0.25) is 0 Å². The van der Waals surface area contributed by atoms with Gasteiger partial charge in [-0.25, -0.2) is 23.0 Å². The van der Waals surface area contributed by atoms with Crippen molar-refractivity contribution in [2.24, 2.45) is 5.10 Å². The standard InChI is InChI=1S/C20H21F2N5O2/c1-27(2,25-19(28)15-6-4-3-5-7-15)12-20(29,11-26-14-23-13-24-26)17-9-8-16(21)10-18(17)22/h3-10,13-14,29H,11-12H2,1-2H3. The number of nitrogens with zero attached hydrogens (tertiary/aromatic N) is 5. The van der Waals surface area contributed by atoms with Crippen LogP contribution in [-0.4, -0.2) is 51.0 Å². The van der Waals surface area contributed by atoms with Gasteiger partial charge in [0.25, 0.3) is 0 Å². The Hall–Kier alpha value is -3.17. The Morgan fingerprint density at radius 3 is 2.55 bits per heavy atom. The molecule has 0 aliphatic carbocycles. The van der Waals surface area contributed by atoms with Gasteiger partial charge < -0.3 is 10.2 Å². The molecular weight excluding hydrogens is 380 g/mol. The van der Waals surface area contributed by atoms with E-state index < -0.39 is 23.1 Å². The van der Waals surface area contributed by atoms with Crippen LogP contribution in [-0.2, 0) is 12.1 Å². The normalized spacial score (nSPS) is 14.6. The van der Waals surface area contributed by atoms with E-state index in [1.807, 2.05) is 0 Å². The molecule has 3 aromatic rings. The minimum absolute atomic E-state index is 0.122. The lowest BCUT2D eigenvalue weighted by Crippen LogP contribution is -2.50. The molecule has 2 aromatic carbocycles. The summed E-state index contributed by atoms with van der Waals surface area (Å²) in [5.41, 5.74) is -1.57. The van der Waals surface area contributed by atoms with Crippen LogP contribution in [0.25, 0.3) is 0 Å². The molecule has 0 aliphatic heterocycles. The zero-order valence-electron chi connectivity index (χ0n) is 16.0. The molecule has 0 saturated carbocycles. The Labute approximate surface area is 166 Å². The van der Waals surface area contributed by atoms with Crippen molar-refractivity contribution in [3.05, 3.63) is 83.9 Å². The molecule has 0 fully saturated rings. The zero-order chi connectivity index (χ0) is 21.1. The second-order valence-electron chi connectivity index (χ2n) is 7.30. The first-order chi connectivity index (χ1) is 13.7. The molecule has 1 N–H and O–H groups in total. The Bertz CT molecular complexity index is 993. The summed E-state index contributed by atoms with van der Waals surface area (Å²) in [6, 6.07) is 11.4. The molecule has 0 radical (unpaired) electrons. The molecule has 0 saturated heterocycles. The van der Waals surface area contributed by atoms with Crippen molar-refractivity contribution in [3.8, 4) is 0 Å². The fourth-order valence-corrected chi connectivity index (χ4v) is 3.23. The smallest absolute Gasteiger partial charge is 0.163 e. The third-order valence-corrected chi connectivity index (χ3v) is 4.35. The summed E-state index contributed by atoms with van der Waals surface area (Å²) < 4.78 is 29.0. The number of rotatable bonds is 7. The molecule has 29 heavy (non-hydrogen) atoms. The van der Waals surface area contributed by atoms with E-state index >= 15 is 0 Å². The highest BCUT2D eigenvalue weighted by molar-refractivity contribution is 5.89. The highest BCUT2D eigenvalue weighted by Gasteiger charge is 2.40. The number of likely N-dealkylation sites (N-methyl/N-ethyl adjacent to an activating group) is 1. The zero-order valence-corrected chi connectivity index (χ0v) is 16.0. The number of halogens is 2. The molecule has 1 aromatic heterocycles. The van der Waals surface area contributed by atoms with Crippen molar-refractivity contribution in [3.63, 3.8) is 0 Å². The van der Waals surface area contributed by atoms with Gasteiger partial charge in [0.2, 0.25) is 0 Å². The second-order valence-corrected chi connectivity index (χ2v) is 7.30. The predicted octanol–water partition coefficient (Wildman–Crippen LogP) is 1.24. The van der Waals surface area contributed by atoms with Crippen LogP contribution in [0, 0.1) is 11.6 Å². The van der Waals surface area contributed by atoms with Crippen molar-refractivity contribution in [1.29, 1.82) is 0 Å². The number of aliphatic hydroxyl groups is 1. The second kappa shape index (κ2) is 8.06. The lowest BCUT2D eigenvalue weighted by atomic mass is 9.92. The van der Waals surface area contributed by atoms with Crippen LogP contribution in [0.4, 0.5) is 8.78 Å². The first-order valence-electron chi connectivity index (χ1n) is 8.84. The summed E-state index contributed by atoms with van der Waals surface area (Å²) in [7, 11) is 3.21. The van der Waals surface area contributed by atoms with E-state index in [-0.39, 0.29) is 23.2 Å². The molecule has 152 valence electrons. The van der Waals surface area contributed by atoms with Crippen molar-refractivity contribution < 1.29 is 23.6 Å². The van der Waals surface area contributed by atoms with E-state index in [4.69, 9.17) is 0 Å². The maximum absolute atomic E-state index is 14.5. The molecule has 0 bridgehead atoms. The molecule has 1 atom stereocenters. The Morgan fingerprint density at radius 2 is 1.93 bits per heavy atom. The predicted molar refractivity (Wildman–Crippen MR) is 100 cm³/mol. The molecule has 0 aliphatic rings. The van der Waals surface area contributed by atoms with E-state index in [2.05, 4.69) is 15.2 Å². The lowest BCUT2D eigenvalue weighted by molar-refractivity contribution is -0.905. The summed E-state index contributed by atoms with van der Waals surface area (Å²) in [6.45, 7) is -0.333. The molecule has 9 heteroatoms. The summed E-state index contributed by atoms with van der Waals surface area (Å²) >= 11 is 0. The lowest BCUT2D eigenvalue weighted by Gasteiger charge is -2.35. The van der Waals surface area contributed by atoms with Gasteiger partial charge in [-0.15, -0.1) is 0 Å². The molecule has 7 nitrogen and oxygen atoms in total. The van der Waals surface area contributed by atoms with Gasteiger partial charge in [0.05, 0.1) is 26.5 Å². The summed E-state index contributed by atoms with van der Waals surface area (Å²) in [5, 5.41) is 32.0. The summed E-state index contributed by atoms with van der Waals surface area (Å²) in [4.78, 5) is 3.83. The number of benzene rings is 2. The maximum Gasteiger partial charge on any atom is 0.163 e. The fourth-order valence-electron chi connectivity index (χ4n) is 3.23. The van der Waals surface area contributed by atoms with Gasteiger partial charge in [0, 0.05) is 11.6 Å². The number of aromatic nitrogens is 3. The van der Waals surface area contributed by atoms with Crippen LogP contribution in [0.5, 0.6) is 0 Å². The van der Waals surface area contributed by atoms with Gasteiger partial charge in [-0.1, -0.05) is 35.4 Å².